The highest BCUT2D eigenvalue weighted by molar-refractivity contribution is 6.29. The third-order valence-electron chi connectivity index (χ3n) is 3.22. The van der Waals surface area contributed by atoms with Gasteiger partial charge in [0.15, 0.2) is 0 Å². The lowest BCUT2D eigenvalue weighted by atomic mass is 9.99. The minimum absolute atomic E-state index is 0.434. The Morgan fingerprint density at radius 3 is 2.53 bits per heavy atom. The lowest BCUT2D eigenvalue weighted by Crippen LogP contribution is -1.98. The average molecular weight is 276 g/mol. The van der Waals surface area contributed by atoms with Crippen molar-refractivity contribution in [3.63, 3.8) is 0 Å². The van der Waals surface area contributed by atoms with Gasteiger partial charge in [0.1, 0.15) is 17.5 Å². The Labute approximate surface area is 119 Å². The van der Waals surface area contributed by atoms with Crippen LogP contribution in [-0.4, -0.2) is 4.98 Å². The highest BCUT2D eigenvalue weighted by Crippen LogP contribution is 2.22. The van der Waals surface area contributed by atoms with Crippen molar-refractivity contribution < 1.29 is 4.74 Å². The second-order valence-electron chi connectivity index (χ2n) is 4.62. The van der Waals surface area contributed by atoms with Crippen molar-refractivity contribution in [1.82, 2.24) is 4.98 Å². The monoisotopic (exact) mass is 275 g/mol. The Morgan fingerprint density at radius 2 is 1.89 bits per heavy atom. The summed E-state index contributed by atoms with van der Waals surface area (Å²) in [6, 6.07) is 13.8. The predicted octanol–water partition coefficient (Wildman–Crippen LogP) is 4.83. The zero-order valence-electron chi connectivity index (χ0n) is 11.3. The van der Waals surface area contributed by atoms with E-state index in [9.17, 15) is 0 Å². The summed E-state index contributed by atoms with van der Waals surface area (Å²) in [5.41, 5.74) is 2.18. The van der Waals surface area contributed by atoms with Crippen molar-refractivity contribution in [3.05, 3.63) is 58.9 Å². The molecule has 0 saturated carbocycles. The number of aromatic nitrogens is 1. The number of ether oxygens (including phenoxy) is 1. The summed E-state index contributed by atoms with van der Waals surface area (Å²) >= 11 is 5.83. The van der Waals surface area contributed by atoms with Gasteiger partial charge in [0, 0.05) is 0 Å². The van der Waals surface area contributed by atoms with Crippen LogP contribution in [0.25, 0.3) is 0 Å². The van der Waals surface area contributed by atoms with Crippen molar-refractivity contribution in [2.75, 3.05) is 0 Å². The number of benzene rings is 1. The first-order chi connectivity index (χ1) is 9.19. The van der Waals surface area contributed by atoms with E-state index in [-0.39, 0.29) is 0 Å². The molecule has 0 bridgehead atoms. The van der Waals surface area contributed by atoms with E-state index >= 15 is 0 Å². The van der Waals surface area contributed by atoms with Gasteiger partial charge in [-0.25, -0.2) is 4.98 Å². The molecular formula is C16H18ClNO. The van der Waals surface area contributed by atoms with Crippen LogP contribution in [0, 0.1) is 0 Å². The van der Waals surface area contributed by atoms with E-state index in [0.29, 0.717) is 17.7 Å². The van der Waals surface area contributed by atoms with E-state index < -0.39 is 0 Å². The molecule has 0 aliphatic heterocycles. The molecule has 19 heavy (non-hydrogen) atoms. The molecule has 0 saturated heterocycles. The molecule has 0 N–H and O–H groups in total. The largest absolute Gasteiger partial charge is 0.487 e. The fourth-order valence-electron chi connectivity index (χ4n) is 1.82. The molecule has 1 aromatic carbocycles. The van der Waals surface area contributed by atoms with Crippen LogP contribution in [0.3, 0.4) is 0 Å². The summed E-state index contributed by atoms with van der Waals surface area (Å²) in [5, 5.41) is 0.494. The van der Waals surface area contributed by atoms with Gasteiger partial charge < -0.3 is 4.74 Å². The van der Waals surface area contributed by atoms with Crippen LogP contribution in [0.2, 0.25) is 5.15 Å². The van der Waals surface area contributed by atoms with Gasteiger partial charge in [-0.05, 0) is 42.2 Å². The van der Waals surface area contributed by atoms with E-state index in [0.717, 1.165) is 17.9 Å². The Hall–Kier alpha value is -1.54. The molecule has 0 radical (unpaired) electrons. The van der Waals surface area contributed by atoms with Crippen molar-refractivity contribution in [3.8, 4) is 5.75 Å². The molecule has 0 aliphatic rings. The molecule has 2 nitrogen and oxygen atoms in total. The summed E-state index contributed by atoms with van der Waals surface area (Å²) in [6.45, 7) is 4.86. The molecule has 1 atom stereocenters. The van der Waals surface area contributed by atoms with Crippen molar-refractivity contribution in [2.24, 2.45) is 0 Å². The molecule has 0 spiro atoms. The standard InChI is InChI=1S/C16H18ClNO/c1-3-12(2)13-7-9-15(10-8-13)19-11-14-5-4-6-16(17)18-14/h4-10,12H,3,11H2,1-2H3. The lowest BCUT2D eigenvalue weighted by molar-refractivity contribution is 0.301. The molecule has 3 heteroatoms. The third-order valence-corrected chi connectivity index (χ3v) is 3.43. The van der Waals surface area contributed by atoms with Gasteiger partial charge in [0.05, 0.1) is 5.69 Å². The van der Waals surface area contributed by atoms with Crippen LogP contribution in [0.4, 0.5) is 0 Å². The van der Waals surface area contributed by atoms with Gasteiger partial charge in [0.2, 0.25) is 0 Å². The van der Waals surface area contributed by atoms with Gasteiger partial charge in [-0.2, -0.15) is 0 Å². The molecule has 0 fully saturated rings. The SMILES string of the molecule is CCC(C)c1ccc(OCc2cccc(Cl)n2)cc1. The smallest absolute Gasteiger partial charge is 0.130 e. The van der Waals surface area contributed by atoms with Gasteiger partial charge in [0.25, 0.3) is 0 Å². The topological polar surface area (TPSA) is 22.1 Å². The molecule has 2 rings (SSSR count). The number of pyridine rings is 1. The van der Waals surface area contributed by atoms with E-state index in [2.05, 4.69) is 31.0 Å². The van der Waals surface area contributed by atoms with E-state index in [1.54, 1.807) is 6.07 Å². The van der Waals surface area contributed by atoms with E-state index in [1.165, 1.54) is 5.56 Å². The molecule has 1 heterocycles. The lowest BCUT2D eigenvalue weighted by Gasteiger charge is -2.10. The van der Waals surface area contributed by atoms with Gasteiger partial charge >= 0.3 is 0 Å². The summed E-state index contributed by atoms with van der Waals surface area (Å²) in [4.78, 5) is 4.19. The van der Waals surface area contributed by atoms with Crippen LogP contribution in [0.15, 0.2) is 42.5 Å². The Bertz CT molecular complexity index is 525. The first-order valence-corrected chi connectivity index (χ1v) is 6.91. The highest BCUT2D eigenvalue weighted by atomic mass is 35.5. The Balaban J connectivity index is 1.96. The second kappa shape index (κ2) is 6.58. The van der Waals surface area contributed by atoms with Crippen molar-refractivity contribution in [2.45, 2.75) is 32.8 Å². The zero-order chi connectivity index (χ0) is 13.7. The van der Waals surface area contributed by atoms with Gasteiger partial charge in [-0.3, -0.25) is 0 Å². The van der Waals surface area contributed by atoms with Gasteiger partial charge in [-0.1, -0.05) is 43.6 Å². The first kappa shape index (κ1) is 13.9. The minimum atomic E-state index is 0.434. The quantitative estimate of drug-likeness (QED) is 0.729. The molecule has 100 valence electrons. The maximum absolute atomic E-state index is 5.83. The highest BCUT2D eigenvalue weighted by Gasteiger charge is 2.03. The molecule has 1 unspecified atom stereocenters. The van der Waals surface area contributed by atoms with Crippen LogP contribution in [-0.2, 0) is 6.61 Å². The maximum atomic E-state index is 5.83. The molecule has 0 aliphatic carbocycles. The fourth-order valence-corrected chi connectivity index (χ4v) is 2.00. The number of hydrogen-bond donors (Lipinski definition) is 0. The van der Waals surface area contributed by atoms with Gasteiger partial charge in [-0.15, -0.1) is 0 Å². The maximum Gasteiger partial charge on any atom is 0.130 e. The van der Waals surface area contributed by atoms with Crippen LogP contribution >= 0.6 is 11.6 Å². The van der Waals surface area contributed by atoms with Crippen LogP contribution in [0.5, 0.6) is 5.75 Å². The van der Waals surface area contributed by atoms with E-state index in [1.807, 2.05) is 24.3 Å². The first-order valence-electron chi connectivity index (χ1n) is 6.53. The second-order valence-corrected chi connectivity index (χ2v) is 5.01. The molecule has 1 aromatic heterocycles. The molecular weight excluding hydrogens is 258 g/mol. The van der Waals surface area contributed by atoms with Crippen LogP contribution < -0.4 is 4.74 Å². The summed E-state index contributed by atoms with van der Waals surface area (Å²) in [6.07, 6.45) is 1.15. The third kappa shape index (κ3) is 3.97. The zero-order valence-corrected chi connectivity index (χ0v) is 12.0. The Kier molecular flexibility index (Phi) is 4.80. The molecule has 0 amide bonds. The summed E-state index contributed by atoms with van der Waals surface area (Å²) < 4.78 is 5.69. The summed E-state index contributed by atoms with van der Waals surface area (Å²) in [5.74, 6) is 1.44. The normalized spacial score (nSPS) is 12.2. The van der Waals surface area contributed by atoms with Crippen LogP contribution in [0.1, 0.15) is 37.4 Å². The Morgan fingerprint density at radius 1 is 1.16 bits per heavy atom. The minimum Gasteiger partial charge on any atom is -0.487 e. The van der Waals surface area contributed by atoms with Crippen molar-refractivity contribution >= 4 is 11.6 Å². The number of rotatable bonds is 5. The average Bonchev–Trinajstić information content (AvgIpc) is 2.45. The fraction of sp³-hybridized carbons (Fsp3) is 0.312. The van der Waals surface area contributed by atoms with E-state index in [4.69, 9.17) is 16.3 Å². The number of nitrogens with zero attached hydrogens (tertiary/aromatic N) is 1. The number of halogens is 1. The number of hydrogen-bond acceptors (Lipinski definition) is 2. The predicted molar refractivity (Wildman–Crippen MR) is 78.7 cm³/mol. The summed E-state index contributed by atoms with van der Waals surface area (Å²) in [7, 11) is 0. The van der Waals surface area contributed by atoms with Crippen molar-refractivity contribution in [1.29, 1.82) is 0 Å². The molecule has 2 aromatic rings.